The molecule has 1 aliphatic carbocycles. The molecule has 2 atom stereocenters. The Balaban J connectivity index is 2.65. The van der Waals surface area contributed by atoms with Crippen molar-refractivity contribution in [2.75, 3.05) is 0 Å². The zero-order chi connectivity index (χ0) is 15.7. The summed E-state index contributed by atoms with van der Waals surface area (Å²) in [5.41, 5.74) is 3.18. The molecule has 0 fully saturated rings. The molecule has 5 heteroatoms. The zero-order valence-corrected chi connectivity index (χ0v) is 13.6. The van der Waals surface area contributed by atoms with Gasteiger partial charge in [-0.2, -0.15) is 0 Å². The van der Waals surface area contributed by atoms with Crippen molar-refractivity contribution >= 4 is 35.0 Å². The van der Waals surface area contributed by atoms with E-state index in [1.165, 1.54) is 0 Å². The van der Waals surface area contributed by atoms with E-state index in [1.807, 2.05) is 19.9 Å². The Hall–Kier alpha value is -1.06. The first-order valence-corrected chi connectivity index (χ1v) is 7.90. The van der Waals surface area contributed by atoms with Gasteiger partial charge in [0.2, 0.25) is 0 Å². The van der Waals surface area contributed by atoms with Gasteiger partial charge in [-0.05, 0) is 54.9 Å². The topological polar surface area (TPSA) is 54.4 Å². The second-order valence-electron chi connectivity index (χ2n) is 5.52. The zero-order valence-electron chi connectivity index (χ0n) is 12.1. The number of carboxylic acids is 1. The monoisotopic (exact) mass is 328 g/mol. The van der Waals surface area contributed by atoms with E-state index in [0.29, 0.717) is 29.0 Å². The number of fused-ring (bicyclic) bond motifs is 1. The van der Waals surface area contributed by atoms with Gasteiger partial charge < -0.3 is 5.11 Å². The number of alkyl halides is 1. The molecule has 0 radical (unpaired) electrons. The molecule has 2 unspecified atom stereocenters. The van der Waals surface area contributed by atoms with Crippen LogP contribution in [0.1, 0.15) is 59.2 Å². The molecule has 0 saturated carbocycles. The van der Waals surface area contributed by atoms with Gasteiger partial charge in [0.15, 0.2) is 5.78 Å². The van der Waals surface area contributed by atoms with Crippen LogP contribution in [0, 0.1) is 6.92 Å². The van der Waals surface area contributed by atoms with Crippen molar-refractivity contribution in [1.82, 2.24) is 0 Å². The first-order chi connectivity index (χ1) is 9.86. The quantitative estimate of drug-likeness (QED) is 0.836. The van der Waals surface area contributed by atoms with Crippen molar-refractivity contribution < 1.29 is 14.7 Å². The van der Waals surface area contributed by atoms with Gasteiger partial charge in [0.1, 0.15) is 0 Å². The molecule has 3 nitrogen and oxygen atoms in total. The van der Waals surface area contributed by atoms with E-state index in [1.54, 1.807) is 0 Å². The normalized spacial score (nSPS) is 19.2. The summed E-state index contributed by atoms with van der Waals surface area (Å²) in [6, 6.07) is 1.84. The van der Waals surface area contributed by atoms with Crippen LogP contribution < -0.4 is 0 Å². The van der Waals surface area contributed by atoms with Gasteiger partial charge in [-0.3, -0.25) is 9.59 Å². The molecule has 0 bridgehead atoms. The molecular formula is C16H18Cl2O3. The van der Waals surface area contributed by atoms with Gasteiger partial charge in [-0.25, -0.2) is 0 Å². The third kappa shape index (κ3) is 3.09. The maximum absolute atomic E-state index is 12.5. The minimum atomic E-state index is -0.891. The summed E-state index contributed by atoms with van der Waals surface area (Å²) in [7, 11) is 0. The number of ketones is 1. The van der Waals surface area contributed by atoms with Crippen molar-refractivity contribution in [3.05, 3.63) is 33.3 Å². The van der Waals surface area contributed by atoms with E-state index in [9.17, 15) is 9.59 Å². The Bertz CT molecular complexity index is 596. The predicted octanol–water partition coefficient (Wildman–Crippen LogP) is 4.35. The molecule has 0 spiro atoms. The fraction of sp³-hybridized carbons (Fsp3) is 0.500. The summed E-state index contributed by atoms with van der Waals surface area (Å²) in [5, 5.41) is 9.02. The fourth-order valence-electron chi connectivity index (χ4n) is 3.06. The first kappa shape index (κ1) is 16.3. The lowest BCUT2D eigenvalue weighted by molar-refractivity contribution is -0.137. The third-order valence-corrected chi connectivity index (χ3v) is 4.88. The number of carbonyl (C=O) groups is 2. The first-order valence-electron chi connectivity index (χ1n) is 7.08. The van der Waals surface area contributed by atoms with Gasteiger partial charge in [0.05, 0.1) is 11.8 Å². The molecule has 1 aliphatic rings. The highest BCUT2D eigenvalue weighted by Crippen LogP contribution is 2.40. The minimum absolute atomic E-state index is 0.0358. The molecule has 0 heterocycles. The highest BCUT2D eigenvalue weighted by atomic mass is 35.5. The van der Waals surface area contributed by atoms with E-state index in [0.717, 1.165) is 17.5 Å². The number of Topliss-reactive ketones (excluding diaryl/α,β-unsaturated/α-hetero) is 1. The summed E-state index contributed by atoms with van der Waals surface area (Å²) in [6.07, 6.45) is 1.92. The van der Waals surface area contributed by atoms with Crippen molar-refractivity contribution in [2.24, 2.45) is 0 Å². The molecule has 1 N–H and O–H groups in total. The van der Waals surface area contributed by atoms with Gasteiger partial charge in [0, 0.05) is 10.6 Å². The van der Waals surface area contributed by atoms with E-state index in [-0.39, 0.29) is 18.1 Å². The average molecular weight is 329 g/mol. The van der Waals surface area contributed by atoms with Crippen LogP contribution in [0.5, 0.6) is 0 Å². The van der Waals surface area contributed by atoms with E-state index < -0.39 is 11.3 Å². The lowest BCUT2D eigenvalue weighted by Crippen LogP contribution is -2.26. The minimum Gasteiger partial charge on any atom is -0.481 e. The van der Waals surface area contributed by atoms with Gasteiger partial charge in [-0.15, -0.1) is 11.6 Å². The summed E-state index contributed by atoms with van der Waals surface area (Å²) in [5.74, 6) is -1.28. The Morgan fingerprint density at radius 2 is 2.19 bits per heavy atom. The number of aliphatic carboxylic acids is 1. The van der Waals surface area contributed by atoms with Crippen LogP contribution in [-0.2, 0) is 11.2 Å². The lowest BCUT2D eigenvalue weighted by Gasteiger charge is -2.27. The number of hydrogen-bond acceptors (Lipinski definition) is 2. The lowest BCUT2D eigenvalue weighted by atomic mass is 9.79. The Morgan fingerprint density at radius 3 is 2.76 bits per heavy atom. The summed E-state index contributed by atoms with van der Waals surface area (Å²) in [6.45, 7) is 3.83. The van der Waals surface area contributed by atoms with Gasteiger partial charge >= 0.3 is 5.97 Å². The number of carbonyl (C=O) groups excluding carboxylic acids is 1. The SMILES string of the molecule is CCC(CC(=O)O)c1c(Cl)cc(C)c2c1C(=O)C(Cl)CC2. The standard InChI is InChI=1S/C16H18Cl2O3/c1-3-9(7-13(19)20)14-12(18)6-8(2)10-4-5-11(17)16(21)15(10)14/h6,9,11H,3-5,7H2,1-2H3,(H,19,20). The Morgan fingerprint density at radius 1 is 1.52 bits per heavy atom. The number of rotatable bonds is 4. The van der Waals surface area contributed by atoms with E-state index in [4.69, 9.17) is 28.3 Å². The Kier molecular flexibility index (Phi) is 4.95. The third-order valence-electron chi connectivity index (χ3n) is 4.15. The fourth-order valence-corrected chi connectivity index (χ4v) is 3.69. The second-order valence-corrected chi connectivity index (χ2v) is 6.45. The van der Waals surface area contributed by atoms with Gasteiger partial charge in [0.25, 0.3) is 0 Å². The molecule has 0 amide bonds. The number of carboxylic acid groups (broad SMARTS) is 1. The molecule has 0 aromatic heterocycles. The van der Waals surface area contributed by atoms with Crippen molar-refractivity contribution in [3.63, 3.8) is 0 Å². The highest BCUT2D eigenvalue weighted by molar-refractivity contribution is 6.36. The molecule has 2 rings (SSSR count). The number of aryl methyl sites for hydroxylation is 1. The van der Waals surface area contributed by atoms with Crippen LogP contribution in [0.25, 0.3) is 0 Å². The van der Waals surface area contributed by atoms with Crippen LogP contribution in [0.15, 0.2) is 6.07 Å². The van der Waals surface area contributed by atoms with Crippen LogP contribution in [0.3, 0.4) is 0 Å². The predicted molar refractivity (Wildman–Crippen MR) is 83.8 cm³/mol. The highest BCUT2D eigenvalue weighted by Gasteiger charge is 2.33. The molecule has 21 heavy (non-hydrogen) atoms. The summed E-state index contributed by atoms with van der Waals surface area (Å²) in [4.78, 5) is 23.6. The van der Waals surface area contributed by atoms with Gasteiger partial charge in [-0.1, -0.05) is 18.5 Å². The molecule has 1 aromatic carbocycles. The Labute approximate surface area is 134 Å². The average Bonchev–Trinajstić information content (AvgIpc) is 2.41. The van der Waals surface area contributed by atoms with Crippen LogP contribution in [0.4, 0.5) is 0 Å². The van der Waals surface area contributed by atoms with E-state index in [2.05, 4.69) is 0 Å². The van der Waals surface area contributed by atoms with Crippen molar-refractivity contribution in [1.29, 1.82) is 0 Å². The smallest absolute Gasteiger partial charge is 0.303 e. The largest absolute Gasteiger partial charge is 0.481 e. The maximum Gasteiger partial charge on any atom is 0.303 e. The molecule has 0 aliphatic heterocycles. The molecule has 1 aromatic rings. The molecular weight excluding hydrogens is 311 g/mol. The van der Waals surface area contributed by atoms with Crippen LogP contribution in [0.2, 0.25) is 5.02 Å². The van der Waals surface area contributed by atoms with Crippen LogP contribution in [-0.4, -0.2) is 22.2 Å². The number of hydrogen-bond donors (Lipinski definition) is 1. The number of halogens is 2. The van der Waals surface area contributed by atoms with Crippen molar-refractivity contribution in [3.8, 4) is 0 Å². The van der Waals surface area contributed by atoms with Crippen LogP contribution >= 0.6 is 23.2 Å². The van der Waals surface area contributed by atoms with E-state index >= 15 is 0 Å². The molecule has 0 saturated heterocycles. The summed E-state index contributed by atoms with van der Waals surface area (Å²) < 4.78 is 0. The number of benzene rings is 1. The second kappa shape index (κ2) is 6.37. The van der Waals surface area contributed by atoms with Crippen molar-refractivity contribution in [2.45, 2.75) is 50.8 Å². The molecule has 114 valence electrons. The summed E-state index contributed by atoms with van der Waals surface area (Å²) >= 11 is 12.5. The maximum atomic E-state index is 12.5.